The third-order valence-electron chi connectivity index (χ3n) is 3.39. The molecule has 2 aromatic rings. The molecule has 0 saturated carbocycles. The van der Waals surface area contributed by atoms with E-state index in [2.05, 4.69) is 6.92 Å². The van der Waals surface area contributed by atoms with E-state index < -0.39 is 0 Å². The number of benzene rings is 2. The SMILES string of the molecule is CCC(N)c1ccc(Oc2ccc(CO)cc2OC)cc1. The van der Waals surface area contributed by atoms with Crippen LogP contribution in [0.3, 0.4) is 0 Å². The minimum absolute atomic E-state index is 0.0275. The molecular formula is C17H21NO3. The molecule has 0 aromatic heterocycles. The highest BCUT2D eigenvalue weighted by atomic mass is 16.5. The molecule has 112 valence electrons. The van der Waals surface area contributed by atoms with Gasteiger partial charge in [-0.05, 0) is 41.8 Å². The predicted molar refractivity (Wildman–Crippen MR) is 82.7 cm³/mol. The molecule has 2 aromatic carbocycles. The minimum atomic E-state index is -0.0275. The fraction of sp³-hybridized carbons (Fsp3) is 0.294. The molecule has 0 bridgehead atoms. The highest BCUT2D eigenvalue weighted by Crippen LogP contribution is 2.32. The largest absolute Gasteiger partial charge is 0.493 e. The Hall–Kier alpha value is -2.04. The van der Waals surface area contributed by atoms with E-state index in [1.54, 1.807) is 25.3 Å². The van der Waals surface area contributed by atoms with Gasteiger partial charge in [-0.3, -0.25) is 0 Å². The van der Waals surface area contributed by atoms with E-state index in [4.69, 9.17) is 20.3 Å². The first-order chi connectivity index (χ1) is 10.2. The Labute approximate surface area is 125 Å². The van der Waals surface area contributed by atoms with Gasteiger partial charge in [-0.25, -0.2) is 0 Å². The number of aliphatic hydroxyl groups excluding tert-OH is 1. The van der Waals surface area contributed by atoms with Crippen LogP contribution in [0.15, 0.2) is 42.5 Å². The maximum Gasteiger partial charge on any atom is 0.169 e. The lowest BCUT2D eigenvalue weighted by Crippen LogP contribution is -2.08. The molecule has 1 unspecified atom stereocenters. The second-order valence-corrected chi connectivity index (χ2v) is 4.83. The van der Waals surface area contributed by atoms with Gasteiger partial charge in [0.1, 0.15) is 5.75 Å². The van der Waals surface area contributed by atoms with E-state index in [9.17, 15) is 0 Å². The highest BCUT2D eigenvalue weighted by molar-refractivity contribution is 5.45. The topological polar surface area (TPSA) is 64.7 Å². The summed E-state index contributed by atoms with van der Waals surface area (Å²) >= 11 is 0. The molecule has 0 fully saturated rings. The van der Waals surface area contributed by atoms with Crippen molar-refractivity contribution < 1.29 is 14.6 Å². The maximum atomic E-state index is 9.14. The monoisotopic (exact) mass is 287 g/mol. The fourth-order valence-electron chi connectivity index (χ4n) is 2.04. The molecule has 0 heterocycles. The zero-order valence-electron chi connectivity index (χ0n) is 12.4. The van der Waals surface area contributed by atoms with Gasteiger partial charge in [-0.2, -0.15) is 0 Å². The third kappa shape index (κ3) is 3.74. The summed E-state index contributed by atoms with van der Waals surface area (Å²) < 4.78 is 11.1. The van der Waals surface area contributed by atoms with E-state index in [1.807, 2.05) is 24.3 Å². The second-order valence-electron chi connectivity index (χ2n) is 4.83. The normalized spacial score (nSPS) is 12.0. The lowest BCUT2D eigenvalue weighted by Gasteiger charge is -2.13. The summed E-state index contributed by atoms with van der Waals surface area (Å²) in [5.41, 5.74) is 7.86. The van der Waals surface area contributed by atoms with Gasteiger partial charge >= 0.3 is 0 Å². The van der Waals surface area contributed by atoms with Crippen molar-refractivity contribution >= 4 is 0 Å². The number of hydrogen-bond acceptors (Lipinski definition) is 4. The van der Waals surface area contributed by atoms with Crippen LogP contribution in [0.1, 0.15) is 30.5 Å². The molecule has 0 aliphatic heterocycles. The van der Waals surface area contributed by atoms with Crippen molar-refractivity contribution in [1.29, 1.82) is 0 Å². The van der Waals surface area contributed by atoms with E-state index >= 15 is 0 Å². The summed E-state index contributed by atoms with van der Waals surface area (Å²) in [5, 5.41) is 9.14. The summed E-state index contributed by atoms with van der Waals surface area (Å²) in [6.45, 7) is 2.03. The number of nitrogens with two attached hydrogens (primary N) is 1. The molecule has 0 radical (unpaired) electrons. The summed E-state index contributed by atoms with van der Waals surface area (Å²) in [4.78, 5) is 0. The first-order valence-corrected chi connectivity index (χ1v) is 6.99. The third-order valence-corrected chi connectivity index (χ3v) is 3.39. The van der Waals surface area contributed by atoms with Crippen LogP contribution in [-0.2, 0) is 6.61 Å². The van der Waals surface area contributed by atoms with Gasteiger partial charge in [-0.1, -0.05) is 25.1 Å². The average Bonchev–Trinajstić information content (AvgIpc) is 2.55. The maximum absolute atomic E-state index is 9.14. The Morgan fingerprint density at radius 3 is 2.38 bits per heavy atom. The lowest BCUT2D eigenvalue weighted by atomic mass is 10.1. The molecule has 4 nitrogen and oxygen atoms in total. The van der Waals surface area contributed by atoms with Gasteiger partial charge in [-0.15, -0.1) is 0 Å². The molecule has 0 aliphatic rings. The van der Waals surface area contributed by atoms with Crippen molar-refractivity contribution in [3.05, 3.63) is 53.6 Å². The molecule has 4 heteroatoms. The van der Waals surface area contributed by atoms with Crippen molar-refractivity contribution in [3.63, 3.8) is 0 Å². The zero-order valence-corrected chi connectivity index (χ0v) is 12.4. The number of hydrogen-bond donors (Lipinski definition) is 2. The van der Waals surface area contributed by atoms with Crippen LogP contribution in [0.5, 0.6) is 17.2 Å². The summed E-state index contributed by atoms with van der Waals surface area (Å²) in [7, 11) is 1.58. The van der Waals surface area contributed by atoms with Gasteiger partial charge in [0.05, 0.1) is 13.7 Å². The van der Waals surface area contributed by atoms with Crippen molar-refractivity contribution in [2.45, 2.75) is 26.0 Å². The molecule has 2 rings (SSSR count). The Morgan fingerprint density at radius 2 is 1.81 bits per heavy atom. The van der Waals surface area contributed by atoms with Crippen LogP contribution in [-0.4, -0.2) is 12.2 Å². The molecule has 3 N–H and O–H groups in total. The van der Waals surface area contributed by atoms with Gasteiger partial charge in [0.15, 0.2) is 11.5 Å². The predicted octanol–water partition coefficient (Wildman–Crippen LogP) is 3.39. The van der Waals surface area contributed by atoms with Crippen LogP contribution >= 0.6 is 0 Å². The van der Waals surface area contributed by atoms with E-state index in [1.165, 1.54) is 0 Å². The van der Waals surface area contributed by atoms with Crippen molar-refractivity contribution in [2.75, 3.05) is 7.11 Å². The van der Waals surface area contributed by atoms with Crippen LogP contribution in [0.25, 0.3) is 0 Å². The Balaban J connectivity index is 2.18. The smallest absolute Gasteiger partial charge is 0.169 e. The standard InChI is InChI=1S/C17H21NO3/c1-3-15(18)13-5-7-14(8-6-13)21-16-9-4-12(11-19)10-17(16)20-2/h4-10,15,19H,3,11,18H2,1-2H3. The first kappa shape index (κ1) is 15.4. The van der Waals surface area contributed by atoms with Crippen LogP contribution in [0.2, 0.25) is 0 Å². The van der Waals surface area contributed by atoms with Gasteiger partial charge in [0.2, 0.25) is 0 Å². The average molecular weight is 287 g/mol. The first-order valence-electron chi connectivity index (χ1n) is 6.99. The second kappa shape index (κ2) is 7.11. The van der Waals surface area contributed by atoms with E-state index in [0.29, 0.717) is 11.5 Å². The van der Waals surface area contributed by atoms with Crippen molar-refractivity contribution in [1.82, 2.24) is 0 Å². The molecule has 1 atom stereocenters. The number of ether oxygens (including phenoxy) is 2. The molecule has 21 heavy (non-hydrogen) atoms. The van der Waals surface area contributed by atoms with Crippen molar-refractivity contribution in [2.24, 2.45) is 5.73 Å². The Kier molecular flexibility index (Phi) is 5.20. The zero-order chi connectivity index (χ0) is 15.2. The van der Waals surface area contributed by atoms with E-state index in [0.717, 1.165) is 23.3 Å². The molecule has 0 spiro atoms. The highest BCUT2D eigenvalue weighted by Gasteiger charge is 2.08. The Morgan fingerprint density at radius 1 is 1.10 bits per heavy atom. The summed E-state index contributed by atoms with van der Waals surface area (Å²) in [5.74, 6) is 1.93. The lowest BCUT2D eigenvalue weighted by molar-refractivity contribution is 0.280. The summed E-state index contributed by atoms with van der Waals surface area (Å²) in [6.07, 6.45) is 0.899. The molecule has 0 aliphatic carbocycles. The molecule has 0 saturated heterocycles. The van der Waals surface area contributed by atoms with Gasteiger partial charge in [0, 0.05) is 6.04 Å². The van der Waals surface area contributed by atoms with Crippen LogP contribution < -0.4 is 15.2 Å². The van der Waals surface area contributed by atoms with Gasteiger partial charge in [0.25, 0.3) is 0 Å². The van der Waals surface area contributed by atoms with Crippen molar-refractivity contribution in [3.8, 4) is 17.2 Å². The minimum Gasteiger partial charge on any atom is -0.493 e. The Bertz CT molecular complexity index is 581. The molecule has 0 amide bonds. The van der Waals surface area contributed by atoms with Crippen LogP contribution in [0.4, 0.5) is 0 Å². The molecular weight excluding hydrogens is 266 g/mol. The van der Waals surface area contributed by atoms with E-state index in [-0.39, 0.29) is 12.6 Å². The number of methoxy groups -OCH3 is 1. The van der Waals surface area contributed by atoms with Gasteiger partial charge < -0.3 is 20.3 Å². The van der Waals surface area contributed by atoms with Crippen LogP contribution in [0, 0.1) is 0 Å². The summed E-state index contributed by atoms with van der Waals surface area (Å²) in [6, 6.07) is 13.1. The number of rotatable bonds is 6. The fourth-order valence-corrected chi connectivity index (χ4v) is 2.04. The quantitative estimate of drug-likeness (QED) is 0.854. The number of aliphatic hydroxyl groups is 1.